The lowest BCUT2D eigenvalue weighted by Crippen LogP contribution is -2.36. The Morgan fingerprint density at radius 2 is 1.85 bits per heavy atom. The van der Waals surface area contributed by atoms with Crippen LogP contribution < -0.4 is 29.0 Å². The van der Waals surface area contributed by atoms with Crippen molar-refractivity contribution in [1.29, 1.82) is 0 Å². The average molecular weight is 543 g/mol. The Morgan fingerprint density at radius 1 is 1.08 bits per heavy atom. The first-order valence-corrected chi connectivity index (χ1v) is 12.5. The van der Waals surface area contributed by atoms with Crippen molar-refractivity contribution in [3.8, 4) is 28.7 Å². The Balaban J connectivity index is 0.000000292. The molecular formula is C27H30N2O10. The van der Waals surface area contributed by atoms with E-state index in [1.165, 1.54) is 7.11 Å². The molecule has 4 aliphatic heterocycles. The number of likely N-dealkylation sites (N-methyl/N-ethyl adjacent to an activating group) is 1. The Labute approximate surface area is 224 Å². The number of nitrogens with one attached hydrogen (secondary N) is 1. The molecule has 2 aromatic carbocycles. The summed E-state index contributed by atoms with van der Waals surface area (Å²) in [6.45, 7) is 0.963. The van der Waals surface area contributed by atoms with Crippen LogP contribution in [-0.4, -0.2) is 75.6 Å². The Morgan fingerprint density at radius 3 is 2.46 bits per heavy atom. The molecule has 0 unspecified atom stereocenters. The van der Waals surface area contributed by atoms with E-state index in [2.05, 4.69) is 10.2 Å². The summed E-state index contributed by atoms with van der Waals surface area (Å²) in [5, 5.41) is 10.6. The number of carboxylic acid groups (broad SMARTS) is 1. The quantitative estimate of drug-likeness (QED) is 0.537. The van der Waals surface area contributed by atoms with Crippen LogP contribution in [0.25, 0.3) is 0 Å². The standard InChI is InChI=1S/C22H23NO7.C5H7NO3/c1-23-8-7-11-9-14-20(29-10-28-14)21(27-4)15(11)17(23)18-12-5-6-13(25-2)19(26-3)16(12)22(24)30-18;7-4-2-1-3(6-4)5(8)9/h5-6,9,17-18H,7-8,10H2,1-4H3;3H,1-2H2,(H,6,7)(H,8,9)/t17-,18+;3-/m10/s1. The van der Waals surface area contributed by atoms with E-state index >= 15 is 0 Å². The third-order valence-corrected chi connectivity index (χ3v) is 7.35. The zero-order valence-electron chi connectivity index (χ0n) is 22.1. The molecule has 0 aromatic heterocycles. The van der Waals surface area contributed by atoms with Gasteiger partial charge in [0.15, 0.2) is 23.0 Å². The predicted molar refractivity (Wildman–Crippen MR) is 135 cm³/mol. The molecular weight excluding hydrogens is 512 g/mol. The molecule has 0 saturated carbocycles. The number of carboxylic acids is 1. The maximum Gasteiger partial charge on any atom is 0.343 e. The molecule has 1 amide bonds. The zero-order chi connectivity index (χ0) is 27.8. The van der Waals surface area contributed by atoms with Gasteiger partial charge in [-0.1, -0.05) is 6.07 Å². The highest BCUT2D eigenvalue weighted by Crippen LogP contribution is 2.55. The molecule has 2 N–H and O–H groups in total. The SMILES string of the molecule is COc1ccc2c(c1OC)C(=O)O[C@@H]2[C@H]1c2c(cc3c(c2OC)OCO3)CCN1C.O=C1CC[C@@H](C(=O)O)N1. The molecule has 1 fully saturated rings. The number of carbonyl (C=O) groups is 3. The molecule has 0 bridgehead atoms. The van der Waals surface area contributed by atoms with Gasteiger partial charge in [0, 0.05) is 24.1 Å². The number of ether oxygens (including phenoxy) is 6. The topological polar surface area (TPSA) is 142 Å². The lowest BCUT2D eigenvalue weighted by Gasteiger charge is -2.38. The van der Waals surface area contributed by atoms with Gasteiger partial charge >= 0.3 is 11.9 Å². The van der Waals surface area contributed by atoms with E-state index in [1.54, 1.807) is 20.3 Å². The number of nitrogens with zero attached hydrogens (tertiary/aromatic N) is 1. The number of aliphatic carboxylic acids is 1. The summed E-state index contributed by atoms with van der Waals surface area (Å²) < 4.78 is 33.8. The normalized spacial score (nSPS) is 22.6. The molecule has 12 heteroatoms. The number of benzene rings is 2. The first kappa shape index (κ1) is 26.4. The highest BCUT2D eigenvalue weighted by Gasteiger charge is 2.46. The van der Waals surface area contributed by atoms with E-state index in [0.29, 0.717) is 47.2 Å². The summed E-state index contributed by atoms with van der Waals surface area (Å²) in [6, 6.07) is 4.78. The van der Waals surface area contributed by atoms with Gasteiger partial charge in [0.2, 0.25) is 18.4 Å². The molecule has 12 nitrogen and oxygen atoms in total. The summed E-state index contributed by atoms with van der Waals surface area (Å²) in [5.41, 5.74) is 3.23. The van der Waals surface area contributed by atoms with Gasteiger partial charge in [-0.3, -0.25) is 9.69 Å². The summed E-state index contributed by atoms with van der Waals surface area (Å²) in [5.74, 6) is 1.25. The third-order valence-electron chi connectivity index (χ3n) is 7.35. The minimum absolute atomic E-state index is 0.160. The van der Waals surface area contributed by atoms with Crippen LogP contribution in [0, 0.1) is 0 Å². The maximum atomic E-state index is 12.9. The van der Waals surface area contributed by atoms with E-state index in [4.69, 9.17) is 33.5 Å². The van der Waals surface area contributed by atoms with Crippen LogP contribution in [0.3, 0.4) is 0 Å². The van der Waals surface area contributed by atoms with E-state index in [9.17, 15) is 14.4 Å². The van der Waals surface area contributed by atoms with E-state index in [0.717, 1.165) is 29.7 Å². The number of esters is 1. The van der Waals surface area contributed by atoms with Crippen LogP contribution in [0.1, 0.15) is 52.0 Å². The summed E-state index contributed by atoms with van der Waals surface area (Å²) in [4.78, 5) is 35.6. The molecule has 0 aliphatic carbocycles. The lowest BCUT2D eigenvalue weighted by atomic mass is 9.85. The van der Waals surface area contributed by atoms with Gasteiger partial charge in [0.05, 0.1) is 27.4 Å². The average Bonchev–Trinajstić information content (AvgIpc) is 3.66. The van der Waals surface area contributed by atoms with Gasteiger partial charge in [0.25, 0.3) is 0 Å². The van der Waals surface area contributed by atoms with Crippen molar-refractivity contribution in [2.24, 2.45) is 0 Å². The van der Waals surface area contributed by atoms with Gasteiger partial charge in [-0.15, -0.1) is 0 Å². The Bertz CT molecular complexity index is 1330. The Kier molecular flexibility index (Phi) is 7.13. The molecule has 1 saturated heterocycles. The lowest BCUT2D eigenvalue weighted by molar-refractivity contribution is -0.140. The van der Waals surface area contributed by atoms with Crippen molar-refractivity contribution in [2.75, 3.05) is 41.7 Å². The highest BCUT2D eigenvalue weighted by molar-refractivity contribution is 5.98. The van der Waals surface area contributed by atoms with Crippen molar-refractivity contribution >= 4 is 17.8 Å². The van der Waals surface area contributed by atoms with E-state index < -0.39 is 24.1 Å². The van der Waals surface area contributed by atoms with Crippen molar-refractivity contribution in [1.82, 2.24) is 10.2 Å². The van der Waals surface area contributed by atoms with Crippen LogP contribution in [0.4, 0.5) is 0 Å². The molecule has 4 aliphatic rings. The van der Waals surface area contributed by atoms with Crippen molar-refractivity contribution in [2.45, 2.75) is 37.5 Å². The molecule has 39 heavy (non-hydrogen) atoms. The van der Waals surface area contributed by atoms with Gasteiger partial charge < -0.3 is 38.8 Å². The van der Waals surface area contributed by atoms with Crippen LogP contribution in [-0.2, 0) is 20.7 Å². The molecule has 0 spiro atoms. The molecule has 6 rings (SSSR count). The monoisotopic (exact) mass is 542 g/mol. The number of fused-ring (bicyclic) bond motifs is 3. The summed E-state index contributed by atoms with van der Waals surface area (Å²) in [7, 11) is 6.70. The molecule has 0 radical (unpaired) electrons. The second-order valence-electron chi connectivity index (χ2n) is 9.48. The predicted octanol–water partition coefficient (Wildman–Crippen LogP) is 2.23. The number of rotatable bonds is 5. The smallest absolute Gasteiger partial charge is 0.343 e. The van der Waals surface area contributed by atoms with E-state index in [1.807, 2.05) is 19.2 Å². The van der Waals surface area contributed by atoms with Gasteiger partial charge in [-0.2, -0.15) is 0 Å². The maximum absolute atomic E-state index is 12.9. The van der Waals surface area contributed by atoms with Crippen molar-refractivity contribution < 1.29 is 47.9 Å². The highest BCUT2D eigenvalue weighted by atomic mass is 16.7. The first-order valence-electron chi connectivity index (χ1n) is 12.5. The Hall–Kier alpha value is -4.19. The fourth-order valence-electron chi connectivity index (χ4n) is 5.51. The largest absolute Gasteiger partial charge is 0.493 e. The molecule has 2 aromatic rings. The number of cyclic esters (lactones) is 1. The van der Waals surface area contributed by atoms with Crippen molar-refractivity contribution in [3.63, 3.8) is 0 Å². The molecule has 208 valence electrons. The van der Waals surface area contributed by atoms with Crippen LogP contribution in [0.15, 0.2) is 18.2 Å². The fraction of sp³-hybridized carbons (Fsp3) is 0.444. The third kappa shape index (κ3) is 4.54. The van der Waals surface area contributed by atoms with Crippen LogP contribution in [0.5, 0.6) is 28.7 Å². The number of hydrogen-bond donors (Lipinski definition) is 2. The van der Waals surface area contributed by atoms with E-state index in [-0.39, 0.29) is 18.7 Å². The number of hydrogen-bond acceptors (Lipinski definition) is 10. The minimum Gasteiger partial charge on any atom is -0.493 e. The first-order chi connectivity index (χ1) is 18.8. The van der Waals surface area contributed by atoms with Gasteiger partial charge in [0.1, 0.15) is 17.7 Å². The second-order valence-corrected chi connectivity index (χ2v) is 9.48. The van der Waals surface area contributed by atoms with Gasteiger partial charge in [-0.25, -0.2) is 9.59 Å². The fourth-order valence-corrected chi connectivity index (χ4v) is 5.51. The number of methoxy groups -OCH3 is 3. The minimum atomic E-state index is -0.944. The number of carbonyl (C=O) groups excluding carboxylic acids is 2. The van der Waals surface area contributed by atoms with Crippen LogP contribution in [0.2, 0.25) is 0 Å². The summed E-state index contributed by atoms with van der Waals surface area (Å²) in [6.07, 6.45) is 1.07. The van der Waals surface area contributed by atoms with Crippen LogP contribution >= 0.6 is 0 Å². The van der Waals surface area contributed by atoms with Crippen molar-refractivity contribution in [3.05, 3.63) is 40.5 Å². The zero-order valence-corrected chi connectivity index (χ0v) is 22.1. The second kappa shape index (κ2) is 10.5. The van der Waals surface area contributed by atoms with Gasteiger partial charge in [-0.05, 0) is 37.6 Å². The molecule has 4 heterocycles. The summed E-state index contributed by atoms with van der Waals surface area (Å²) >= 11 is 0. The number of amides is 1. The molecule has 3 atom stereocenters.